The summed E-state index contributed by atoms with van der Waals surface area (Å²) >= 11 is 0. The summed E-state index contributed by atoms with van der Waals surface area (Å²) < 4.78 is 12.1. The van der Waals surface area contributed by atoms with Gasteiger partial charge < -0.3 is 19.5 Å². The van der Waals surface area contributed by atoms with E-state index in [0.717, 1.165) is 30.6 Å². The highest BCUT2D eigenvalue weighted by Crippen LogP contribution is 2.33. The number of ether oxygens (including phenoxy) is 2. The van der Waals surface area contributed by atoms with Gasteiger partial charge in [0.2, 0.25) is 12.7 Å². The average Bonchev–Trinajstić information content (AvgIpc) is 3.30. The molecule has 4 rings (SSSR count). The van der Waals surface area contributed by atoms with Crippen molar-refractivity contribution in [2.24, 2.45) is 0 Å². The lowest BCUT2D eigenvalue weighted by atomic mass is 9.94. The van der Waals surface area contributed by atoms with Crippen molar-refractivity contribution in [3.05, 3.63) is 41.7 Å². The van der Waals surface area contributed by atoms with Crippen molar-refractivity contribution in [1.29, 1.82) is 0 Å². The van der Waals surface area contributed by atoms with E-state index in [9.17, 15) is 9.59 Å². The Morgan fingerprint density at radius 2 is 2.07 bits per heavy atom. The second kappa shape index (κ2) is 7.30. The van der Waals surface area contributed by atoms with Crippen molar-refractivity contribution in [1.82, 2.24) is 14.7 Å². The Morgan fingerprint density at radius 1 is 1.22 bits per heavy atom. The van der Waals surface area contributed by atoms with Crippen LogP contribution in [0.1, 0.15) is 30.0 Å². The van der Waals surface area contributed by atoms with Crippen molar-refractivity contribution >= 4 is 11.9 Å². The molecule has 1 aromatic heterocycles. The number of rotatable bonds is 5. The van der Waals surface area contributed by atoms with Crippen molar-refractivity contribution in [2.75, 3.05) is 19.9 Å². The number of fused-ring (bicyclic) bond motifs is 1. The summed E-state index contributed by atoms with van der Waals surface area (Å²) in [4.78, 5) is 25.4. The number of likely N-dealkylation sites (tertiary alicyclic amines) is 1. The average molecular weight is 371 g/mol. The molecule has 2 aromatic rings. The van der Waals surface area contributed by atoms with Crippen LogP contribution < -0.4 is 9.47 Å². The summed E-state index contributed by atoms with van der Waals surface area (Å²) in [5.74, 6) is 0.675. The first-order chi connectivity index (χ1) is 13.1. The molecule has 27 heavy (non-hydrogen) atoms. The van der Waals surface area contributed by atoms with Gasteiger partial charge in [-0.05, 0) is 36.6 Å². The molecule has 0 aliphatic carbocycles. The van der Waals surface area contributed by atoms with Crippen molar-refractivity contribution in [3.63, 3.8) is 0 Å². The molecule has 0 radical (unpaired) electrons. The van der Waals surface area contributed by atoms with Crippen molar-refractivity contribution in [2.45, 2.75) is 31.7 Å². The lowest BCUT2D eigenvalue weighted by molar-refractivity contribution is -0.138. The lowest BCUT2D eigenvalue weighted by Gasteiger charge is -2.32. The third-order valence-electron chi connectivity index (χ3n) is 4.94. The fourth-order valence-corrected chi connectivity index (χ4v) is 3.60. The number of carbonyl (C=O) groups excluding carboxylic acids is 1. The van der Waals surface area contributed by atoms with Crippen LogP contribution >= 0.6 is 0 Å². The van der Waals surface area contributed by atoms with Gasteiger partial charge in [-0.25, -0.2) is 0 Å². The number of aromatic nitrogens is 2. The molecule has 0 spiro atoms. The monoisotopic (exact) mass is 371 g/mol. The minimum Gasteiger partial charge on any atom is -0.480 e. The number of nitrogens with zero attached hydrogens (tertiary/aromatic N) is 3. The number of carboxylic acids is 1. The van der Waals surface area contributed by atoms with Crippen LogP contribution in [0, 0.1) is 0 Å². The smallest absolute Gasteiger partial charge is 0.325 e. The number of piperidine rings is 1. The molecule has 1 aromatic carbocycles. The molecule has 0 unspecified atom stereocenters. The fraction of sp³-hybridized carbons (Fsp3) is 0.421. The van der Waals surface area contributed by atoms with Crippen LogP contribution in [0.25, 0.3) is 0 Å². The number of hydrogen-bond donors (Lipinski definition) is 1. The zero-order valence-corrected chi connectivity index (χ0v) is 14.8. The number of aliphatic carboxylic acids is 1. The first kappa shape index (κ1) is 17.4. The Morgan fingerprint density at radius 3 is 2.93 bits per heavy atom. The standard InChI is InChI=1S/C19H21N3O5/c23-18(9-13-3-4-16-17(8-13)27-12-26-16)21-6-1-2-14(10-21)15-5-7-22(20-15)11-19(24)25/h3-5,7-8,14H,1-2,6,9-12H2,(H,24,25)/t14-/m1/s1. The van der Waals surface area contributed by atoms with Crippen LogP contribution in [0.15, 0.2) is 30.5 Å². The number of carboxylic acid groups (broad SMARTS) is 1. The highest BCUT2D eigenvalue weighted by Gasteiger charge is 2.26. The highest BCUT2D eigenvalue weighted by molar-refractivity contribution is 5.79. The molecule has 0 bridgehead atoms. The van der Waals surface area contributed by atoms with Gasteiger partial charge in [-0.15, -0.1) is 0 Å². The third kappa shape index (κ3) is 3.89. The van der Waals surface area contributed by atoms with Gasteiger partial charge in [-0.1, -0.05) is 6.07 Å². The van der Waals surface area contributed by atoms with E-state index in [-0.39, 0.29) is 25.2 Å². The maximum absolute atomic E-state index is 12.7. The maximum atomic E-state index is 12.7. The van der Waals surface area contributed by atoms with E-state index in [1.165, 1.54) is 4.68 Å². The Kier molecular flexibility index (Phi) is 4.70. The van der Waals surface area contributed by atoms with E-state index < -0.39 is 5.97 Å². The molecule has 3 heterocycles. The minimum atomic E-state index is -0.922. The van der Waals surface area contributed by atoms with E-state index in [1.807, 2.05) is 29.2 Å². The molecule has 1 atom stereocenters. The summed E-state index contributed by atoms with van der Waals surface area (Å²) in [5.41, 5.74) is 1.74. The first-order valence-electron chi connectivity index (χ1n) is 9.00. The zero-order chi connectivity index (χ0) is 18.8. The molecule has 2 aliphatic rings. The van der Waals surface area contributed by atoms with Gasteiger partial charge in [-0.2, -0.15) is 5.10 Å². The Balaban J connectivity index is 1.39. The quantitative estimate of drug-likeness (QED) is 0.859. The molecule has 2 aliphatic heterocycles. The molecular formula is C19H21N3O5. The van der Waals surface area contributed by atoms with E-state index in [1.54, 1.807) is 6.20 Å². The summed E-state index contributed by atoms with van der Waals surface area (Å²) in [5, 5.41) is 13.2. The Hall–Kier alpha value is -3.03. The number of carbonyl (C=O) groups is 2. The second-order valence-corrected chi connectivity index (χ2v) is 6.88. The van der Waals surface area contributed by atoms with Gasteiger partial charge in [-0.3, -0.25) is 14.3 Å². The SMILES string of the molecule is O=C(O)Cn1ccc([C@@H]2CCCN(C(=O)Cc3ccc4c(c3)OCO4)C2)n1. The van der Waals surface area contributed by atoms with E-state index in [2.05, 4.69) is 5.10 Å². The number of benzene rings is 1. The van der Waals surface area contributed by atoms with Crippen LogP contribution in [-0.2, 0) is 22.6 Å². The normalized spacial score (nSPS) is 18.5. The molecular weight excluding hydrogens is 350 g/mol. The van der Waals surface area contributed by atoms with Crippen molar-refractivity contribution in [3.8, 4) is 11.5 Å². The van der Waals surface area contributed by atoms with Crippen LogP contribution in [-0.4, -0.2) is 51.5 Å². The zero-order valence-electron chi connectivity index (χ0n) is 14.8. The number of amides is 1. The summed E-state index contributed by atoms with van der Waals surface area (Å²) in [6.45, 7) is 1.40. The highest BCUT2D eigenvalue weighted by atomic mass is 16.7. The molecule has 142 valence electrons. The molecule has 8 heteroatoms. The van der Waals surface area contributed by atoms with Crippen LogP contribution in [0.4, 0.5) is 0 Å². The van der Waals surface area contributed by atoms with Gasteiger partial charge in [0.25, 0.3) is 0 Å². The predicted octanol–water partition coefficient (Wildman–Crippen LogP) is 1.65. The van der Waals surface area contributed by atoms with Gasteiger partial charge in [0.15, 0.2) is 11.5 Å². The summed E-state index contributed by atoms with van der Waals surface area (Å²) in [6, 6.07) is 7.42. The van der Waals surface area contributed by atoms with Gasteiger partial charge in [0, 0.05) is 25.2 Å². The van der Waals surface area contributed by atoms with E-state index in [4.69, 9.17) is 14.6 Å². The molecule has 1 amide bonds. The van der Waals surface area contributed by atoms with E-state index >= 15 is 0 Å². The van der Waals surface area contributed by atoms with Crippen LogP contribution in [0.5, 0.6) is 11.5 Å². The maximum Gasteiger partial charge on any atom is 0.325 e. The lowest BCUT2D eigenvalue weighted by Crippen LogP contribution is -2.40. The largest absolute Gasteiger partial charge is 0.480 e. The molecule has 0 saturated carbocycles. The Bertz CT molecular complexity index is 863. The predicted molar refractivity (Wildman–Crippen MR) is 94.7 cm³/mol. The van der Waals surface area contributed by atoms with Gasteiger partial charge >= 0.3 is 5.97 Å². The second-order valence-electron chi connectivity index (χ2n) is 6.88. The van der Waals surface area contributed by atoms with Crippen LogP contribution in [0.3, 0.4) is 0 Å². The molecule has 1 fully saturated rings. The van der Waals surface area contributed by atoms with E-state index in [0.29, 0.717) is 24.5 Å². The molecule has 1 N–H and O–H groups in total. The summed E-state index contributed by atoms with van der Waals surface area (Å²) in [6.07, 6.45) is 3.84. The topological polar surface area (TPSA) is 93.9 Å². The third-order valence-corrected chi connectivity index (χ3v) is 4.94. The first-order valence-corrected chi connectivity index (χ1v) is 9.00. The van der Waals surface area contributed by atoms with Gasteiger partial charge in [0.1, 0.15) is 6.54 Å². The van der Waals surface area contributed by atoms with Crippen molar-refractivity contribution < 1.29 is 24.2 Å². The summed E-state index contributed by atoms with van der Waals surface area (Å²) in [7, 11) is 0. The van der Waals surface area contributed by atoms with Crippen LogP contribution in [0.2, 0.25) is 0 Å². The molecule has 1 saturated heterocycles. The molecule has 8 nitrogen and oxygen atoms in total. The van der Waals surface area contributed by atoms with Gasteiger partial charge in [0.05, 0.1) is 12.1 Å². The Labute approximate surface area is 156 Å². The number of hydrogen-bond acceptors (Lipinski definition) is 5. The fourth-order valence-electron chi connectivity index (χ4n) is 3.60. The minimum absolute atomic E-state index is 0.0727.